The molecule has 1 aliphatic heterocycles. The molecule has 1 saturated heterocycles. The summed E-state index contributed by atoms with van der Waals surface area (Å²) >= 11 is 3.45. The van der Waals surface area contributed by atoms with Crippen LogP contribution in [0, 0.1) is 0 Å². The minimum atomic E-state index is -0.138. The number of nitrogens with two attached hydrogens (primary N) is 1. The third-order valence-electron chi connectivity index (χ3n) is 3.60. The van der Waals surface area contributed by atoms with Crippen LogP contribution in [0.4, 0.5) is 11.4 Å². The number of anilines is 2. The predicted octanol–water partition coefficient (Wildman–Crippen LogP) is 3.19. The van der Waals surface area contributed by atoms with E-state index in [4.69, 9.17) is 10.5 Å². The molecule has 4 nitrogen and oxygen atoms in total. The van der Waals surface area contributed by atoms with Crippen LogP contribution in [0.25, 0.3) is 10.9 Å². The highest BCUT2D eigenvalue weighted by atomic mass is 79.9. The summed E-state index contributed by atoms with van der Waals surface area (Å²) in [5, 5.41) is 0.987. The number of rotatable bonds is 1. The average Bonchev–Trinajstić information content (AvgIpc) is 2.38. The molecule has 1 aromatic heterocycles. The summed E-state index contributed by atoms with van der Waals surface area (Å²) in [6.45, 7) is 6.69. The van der Waals surface area contributed by atoms with Crippen molar-refractivity contribution < 1.29 is 4.74 Å². The van der Waals surface area contributed by atoms with Gasteiger partial charge in [0.05, 0.1) is 23.4 Å². The molecule has 106 valence electrons. The minimum Gasteiger partial charge on any atom is -0.398 e. The van der Waals surface area contributed by atoms with Crippen LogP contribution >= 0.6 is 15.9 Å². The number of fused-ring (bicyclic) bond motifs is 1. The van der Waals surface area contributed by atoms with Gasteiger partial charge in [-0.05, 0) is 48.0 Å². The van der Waals surface area contributed by atoms with E-state index in [1.54, 1.807) is 0 Å². The lowest BCUT2D eigenvalue weighted by atomic mass is 10.1. The lowest BCUT2D eigenvalue weighted by molar-refractivity contribution is -0.0276. The van der Waals surface area contributed by atoms with Gasteiger partial charge in [0.15, 0.2) is 0 Å². The highest BCUT2D eigenvalue weighted by Gasteiger charge is 2.28. The van der Waals surface area contributed by atoms with Crippen molar-refractivity contribution >= 4 is 38.2 Å². The first-order valence-electron chi connectivity index (χ1n) is 6.69. The highest BCUT2D eigenvalue weighted by molar-refractivity contribution is 9.10. The van der Waals surface area contributed by atoms with Crippen molar-refractivity contribution in [3.05, 3.63) is 28.9 Å². The quantitative estimate of drug-likeness (QED) is 0.813. The molecular weight excluding hydrogens is 318 g/mol. The van der Waals surface area contributed by atoms with E-state index in [-0.39, 0.29) is 5.60 Å². The van der Waals surface area contributed by atoms with Gasteiger partial charge in [0.2, 0.25) is 0 Å². The minimum absolute atomic E-state index is 0.138. The smallest absolute Gasteiger partial charge is 0.0956 e. The summed E-state index contributed by atoms with van der Waals surface area (Å²) in [7, 11) is 0. The zero-order valence-corrected chi connectivity index (χ0v) is 13.3. The van der Waals surface area contributed by atoms with E-state index >= 15 is 0 Å². The molecule has 0 radical (unpaired) electrons. The summed E-state index contributed by atoms with van der Waals surface area (Å²) in [4.78, 5) is 6.88. The van der Waals surface area contributed by atoms with E-state index < -0.39 is 0 Å². The monoisotopic (exact) mass is 335 g/mol. The van der Waals surface area contributed by atoms with Gasteiger partial charge >= 0.3 is 0 Å². The first kappa shape index (κ1) is 13.6. The third kappa shape index (κ3) is 2.47. The Hall–Kier alpha value is -1.33. The van der Waals surface area contributed by atoms with E-state index in [0.29, 0.717) is 0 Å². The molecule has 0 atom stereocenters. The molecule has 1 aromatic carbocycles. The lowest BCUT2D eigenvalue weighted by Crippen LogP contribution is -2.48. The molecule has 2 N–H and O–H groups in total. The van der Waals surface area contributed by atoms with E-state index in [1.165, 1.54) is 0 Å². The van der Waals surface area contributed by atoms with E-state index in [0.717, 1.165) is 46.4 Å². The predicted molar refractivity (Wildman–Crippen MR) is 86.1 cm³/mol. The fourth-order valence-electron chi connectivity index (χ4n) is 2.68. The zero-order chi connectivity index (χ0) is 14.3. The molecule has 0 bridgehead atoms. The highest BCUT2D eigenvalue weighted by Crippen LogP contribution is 2.33. The standard InChI is InChI=1S/C15H18BrN3O/c1-15(2)9-19(5-6-20-15)13-4-3-12(17)11-7-10(16)8-18-14(11)13/h3-4,7-8H,5-6,9,17H2,1-2H3. The van der Waals surface area contributed by atoms with Crippen LogP contribution in [0.1, 0.15) is 13.8 Å². The van der Waals surface area contributed by atoms with Crippen LogP contribution in [-0.4, -0.2) is 30.3 Å². The molecule has 0 amide bonds. The van der Waals surface area contributed by atoms with Gasteiger partial charge < -0.3 is 15.4 Å². The molecular formula is C15H18BrN3O. The summed E-state index contributed by atoms with van der Waals surface area (Å²) in [6, 6.07) is 6.03. The average molecular weight is 336 g/mol. The summed E-state index contributed by atoms with van der Waals surface area (Å²) < 4.78 is 6.72. The molecule has 2 aromatic rings. The van der Waals surface area contributed by atoms with Gasteiger partial charge in [0.25, 0.3) is 0 Å². The Morgan fingerprint density at radius 3 is 2.95 bits per heavy atom. The molecule has 20 heavy (non-hydrogen) atoms. The van der Waals surface area contributed by atoms with E-state index in [1.807, 2.05) is 18.3 Å². The number of ether oxygens (including phenoxy) is 1. The third-order valence-corrected chi connectivity index (χ3v) is 4.03. The normalized spacial score (nSPS) is 18.4. The Bertz CT molecular complexity index is 657. The van der Waals surface area contributed by atoms with Crippen LogP contribution in [0.3, 0.4) is 0 Å². The number of halogens is 1. The molecule has 0 saturated carbocycles. The van der Waals surface area contributed by atoms with Gasteiger partial charge in [0.1, 0.15) is 0 Å². The van der Waals surface area contributed by atoms with Crippen LogP contribution in [0.5, 0.6) is 0 Å². The number of nitrogen functional groups attached to an aromatic ring is 1. The van der Waals surface area contributed by atoms with Crippen molar-refractivity contribution in [1.82, 2.24) is 4.98 Å². The number of aromatic nitrogens is 1. The van der Waals surface area contributed by atoms with Gasteiger partial charge in [-0.2, -0.15) is 0 Å². The first-order valence-corrected chi connectivity index (χ1v) is 7.48. The number of morpholine rings is 1. The first-order chi connectivity index (χ1) is 9.46. The van der Waals surface area contributed by atoms with Gasteiger partial charge in [-0.25, -0.2) is 0 Å². The van der Waals surface area contributed by atoms with Crippen molar-refractivity contribution in [2.45, 2.75) is 19.4 Å². The van der Waals surface area contributed by atoms with E-state index in [2.05, 4.69) is 45.7 Å². The summed E-state index contributed by atoms with van der Waals surface area (Å²) in [6.07, 6.45) is 1.82. The second kappa shape index (κ2) is 4.90. The maximum Gasteiger partial charge on any atom is 0.0956 e. The number of nitrogens with zero attached hydrogens (tertiary/aromatic N) is 2. The van der Waals surface area contributed by atoms with Crippen LogP contribution in [0.15, 0.2) is 28.9 Å². The van der Waals surface area contributed by atoms with Crippen LogP contribution in [-0.2, 0) is 4.74 Å². The number of hydrogen-bond donors (Lipinski definition) is 1. The Morgan fingerprint density at radius 2 is 2.20 bits per heavy atom. The fourth-order valence-corrected chi connectivity index (χ4v) is 3.01. The Morgan fingerprint density at radius 1 is 1.40 bits per heavy atom. The number of benzene rings is 1. The Kier molecular flexibility index (Phi) is 3.34. The summed E-state index contributed by atoms with van der Waals surface area (Å²) in [5.41, 5.74) is 8.76. The largest absolute Gasteiger partial charge is 0.398 e. The SMILES string of the molecule is CC1(C)CN(c2ccc(N)c3cc(Br)cnc23)CCO1. The van der Waals surface area contributed by atoms with E-state index in [9.17, 15) is 0 Å². The van der Waals surface area contributed by atoms with Gasteiger partial charge in [-0.1, -0.05) is 0 Å². The maximum absolute atomic E-state index is 6.07. The fraction of sp³-hybridized carbons (Fsp3) is 0.400. The van der Waals surface area contributed by atoms with Crippen LogP contribution < -0.4 is 10.6 Å². The van der Waals surface area contributed by atoms with Crippen molar-refractivity contribution in [3.63, 3.8) is 0 Å². The Balaban J connectivity index is 2.10. The Labute approximate surface area is 127 Å². The van der Waals surface area contributed by atoms with Gasteiger partial charge in [-0.15, -0.1) is 0 Å². The van der Waals surface area contributed by atoms with Crippen molar-refractivity contribution in [3.8, 4) is 0 Å². The van der Waals surface area contributed by atoms with Gasteiger partial charge in [-0.3, -0.25) is 4.98 Å². The molecule has 0 aliphatic carbocycles. The number of pyridine rings is 1. The molecule has 0 spiro atoms. The van der Waals surface area contributed by atoms with Crippen molar-refractivity contribution in [1.29, 1.82) is 0 Å². The molecule has 2 heterocycles. The molecule has 1 fully saturated rings. The molecule has 0 unspecified atom stereocenters. The van der Waals surface area contributed by atoms with Crippen molar-refractivity contribution in [2.75, 3.05) is 30.3 Å². The number of hydrogen-bond acceptors (Lipinski definition) is 4. The van der Waals surface area contributed by atoms with Crippen molar-refractivity contribution in [2.24, 2.45) is 0 Å². The summed E-state index contributed by atoms with van der Waals surface area (Å²) in [5.74, 6) is 0. The topological polar surface area (TPSA) is 51.4 Å². The lowest BCUT2D eigenvalue weighted by Gasteiger charge is -2.39. The molecule has 5 heteroatoms. The second-order valence-corrected chi connectivity index (χ2v) is 6.67. The molecule has 1 aliphatic rings. The zero-order valence-electron chi connectivity index (χ0n) is 11.7. The molecule has 3 rings (SSSR count). The van der Waals surface area contributed by atoms with Gasteiger partial charge in [0, 0.05) is 34.8 Å². The van der Waals surface area contributed by atoms with Crippen LogP contribution in [0.2, 0.25) is 0 Å². The second-order valence-electron chi connectivity index (χ2n) is 5.75. The maximum atomic E-state index is 6.07.